The summed E-state index contributed by atoms with van der Waals surface area (Å²) < 4.78 is 5.41. The van der Waals surface area contributed by atoms with Crippen molar-refractivity contribution in [3.8, 4) is 5.75 Å². The van der Waals surface area contributed by atoms with Crippen LogP contribution in [0.5, 0.6) is 5.75 Å². The van der Waals surface area contributed by atoms with Gasteiger partial charge in [0.25, 0.3) is 5.69 Å². The van der Waals surface area contributed by atoms with Crippen molar-refractivity contribution in [1.82, 2.24) is 4.98 Å². The topological polar surface area (TPSA) is 65.3 Å². The molecular weight excluding hydrogens is 256 g/mol. The van der Waals surface area contributed by atoms with Crippen molar-refractivity contribution in [2.75, 3.05) is 0 Å². The van der Waals surface area contributed by atoms with Crippen LogP contribution in [0.4, 0.5) is 5.69 Å². The Kier molecular flexibility index (Phi) is 3.74. The Morgan fingerprint density at radius 3 is 2.78 bits per heavy atom. The van der Waals surface area contributed by atoms with Gasteiger partial charge in [-0.2, -0.15) is 0 Å². The summed E-state index contributed by atoms with van der Waals surface area (Å²) in [4.78, 5) is 14.2. The van der Waals surface area contributed by atoms with E-state index in [0.717, 1.165) is 0 Å². The number of hydrogen-bond acceptors (Lipinski definition) is 4. The molecule has 6 heteroatoms. The molecule has 0 radical (unpaired) electrons. The van der Waals surface area contributed by atoms with Gasteiger partial charge in [0.1, 0.15) is 17.5 Å². The van der Waals surface area contributed by atoms with Crippen molar-refractivity contribution in [2.24, 2.45) is 0 Å². The van der Waals surface area contributed by atoms with Gasteiger partial charge in [0.05, 0.1) is 16.7 Å². The highest BCUT2D eigenvalue weighted by Gasteiger charge is 2.06. The maximum atomic E-state index is 10.6. The van der Waals surface area contributed by atoms with E-state index in [1.54, 1.807) is 30.3 Å². The van der Waals surface area contributed by atoms with Gasteiger partial charge in [-0.3, -0.25) is 10.1 Å². The third-order valence-electron chi connectivity index (χ3n) is 2.19. The lowest BCUT2D eigenvalue weighted by Crippen LogP contribution is -1.98. The van der Waals surface area contributed by atoms with Gasteiger partial charge >= 0.3 is 0 Å². The SMILES string of the molecule is O=[N+]([O-])c1cccc(OCc2cccc(Cl)n2)c1. The molecule has 0 aliphatic heterocycles. The number of pyridine rings is 1. The standard InChI is InChI=1S/C12H9ClN2O3/c13-12-6-1-3-9(14-12)8-18-11-5-2-4-10(7-11)15(16)17/h1-7H,8H2. The van der Waals surface area contributed by atoms with Gasteiger partial charge in [0, 0.05) is 6.07 Å². The van der Waals surface area contributed by atoms with E-state index in [1.807, 2.05) is 0 Å². The Hall–Kier alpha value is -2.14. The summed E-state index contributed by atoms with van der Waals surface area (Å²) in [6.45, 7) is 0.210. The van der Waals surface area contributed by atoms with Crippen molar-refractivity contribution in [3.63, 3.8) is 0 Å². The van der Waals surface area contributed by atoms with E-state index >= 15 is 0 Å². The summed E-state index contributed by atoms with van der Waals surface area (Å²) in [6.07, 6.45) is 0. The summed E-state index contributed by atoms with van der Waals surface area (Å²) in [5.74, 6) is 0.422. The normalized spacial score (nSPS) is 10.1. The zero-order valence-corrected chi connectivity index (χ0v) is 10.0. The second kappa shape index (κ2) is 5.46. The molecule has 92 valence electrons. The summed E-state index contributed by atoms with van der Waals surface area (Å²) in [7, 11) is 0. The van der Waals surface area contributed by atoms with Crippen LogP contribution >= 0.6 is 11.6 Å². The molecule has 1 heterocycles. The number of nitrogens with zero attached hydrogens (tertiary/aromatic N) is 2. The Morgan fingerprint density at radius 2 is 2.06 bits per heavy atom. The minimum Gasteiger partial charge on any atom is -0.487 e. The first kappa shape index (κ1) is 12.3. The molecule has 1 aromatic heterocycles. The summed E-state index contributed by atoms with van der Waals surface area (Å²) >= 11 is 5.74. The van der Waals surface area contributed by atoms with Crippen LogP contribution in [0.15, 0.2) is 42.5 Å². The van der Waals surface area contributed by atoms with Crippen LogP contribution in [0.25, 0.3) is 0 Å². The summed E-state index contributed by atoms with van der Waals surface area (Å²) in [5, 5.41) is 11.0. The monoisotopic (exact) mass is 264 g/mol. The predicted octanol–water partition coefficient (Wildman–Crippen LogP) is 3.22. The molecule has 0 spiro atoms. The molecule has 5 nitrogen and oxygen atoms in total. The highest BCUT2D eigenvalue weighted by molar-refractivity contribution is 6.29. The number of benzene rings is 1. The number of non-ortho nitro benzene ring substituents is 1. The van der Waals surface area contributed by atoms with E-state index in [-0.39, 0.29) is 12.3 Å². The molecule has 0 unspecified atom stereocenters. The second-order valence-electron chi connectivity index (χ2n) is 3.49. The van der Waals surface area contributed by atoms with Crippen LogP contribution < -0.4 is 4.74 Å². The molecule has 0 aliphatic carbocycles. The number of aromatic nitrogens is 1. The summed E-state index contributed by atoms with van der Waals surface area (Å²) in [5.41, 5.74) is 0.653. The first-order chi connectivity index (χ1) is 8.65. The second-order valence-corrected chi connectivity index (χ2v) is 3.88. The third kappa shape index (κ3) is 3.18. The molecular formula is C12H9ClN2O3. The van der Waals surface area contributed by atoms with Crippen LogP contribution in [0.1, 0.15) is 5.69 Å². The number of nitro groups is 1. The fourth-order valence-corrected chi connectivity index (χ4v) is 1.56. The molecule has 2 rings (SSSR count). The lowest BCUT2D eigenvalue weighted by Gasteiger charge is -2.05. The molecule has 0 fully saturated rings. The quantitative estimate of drug-likeness (QED) is 0.483. The summed E-state index contributed by atoms with van der Waals surface area (Å²) in [6, 6.07) is 11.2. The third-order valence-corrected chi connectivity index (χ3v) is 2.40. The molecule has 18 heavy (non-hydrogen) atoms. The van der Waals surface area contributed by atoms with Crippen molar-refractivity contribution >= 4 is 17.3 Å². The molecule has 0 atom stereocenters. The maximum Gasteiger partial charge on any atom is 0.273 e. The smallest absolute Gasteiger partial charge is 0.273 e. The molecule has 0 saturated heterocycles. The van der Waals surface area contributed by atoms with E-state index in [9.17, 15) is 10.1 Å². The average molecular weight is 265 g/mol. The number of ether oxygens (including phenoxy) is 1. The highest BCUT2D eigenvalue weighted by atomic mass is 35.5. The number of halogens is 1. The van der Waals surface area contributed by atoms with Crippen LogP contribution in [0, 0.1) is 10.1 Å². The largest absolute Gasteiger partial charge is 0.487 e. The van der Waals surface area contributed by atoms with Gasteiger partial charge < -0.3 is 4.74 Å². The number of nitro benzene ring substituents is 1. The molecule has 0 saturated carbocycles. The zero-order chi connectivity index (χ0) is 13.0. The van der Waals surface area contributed by atoms with Crippen LogP contribution in [0.3, 0.4) is 0 Å². The molecule has 2 aromatic rings. The van der Waals surface area contributed by atoms with E-state index in [1.165, 1.54) is 12.1 Å². The molecule has 0 bridgehead atoms. The van der Waals surface area contributed by atoms with Crippen LogP contribution in [0.2, 0.25) is 5.15 Å². The van der Waals surface area contributed by atoms with Gasteiger partial charge in [0.2, 0.25) is 0 Å². The zero-order valence-electron chi connectivity index (χ0n) is 9.25. The van der Waals surface area contributed by atoms with Crippen molar-refractivity contribution < 1.29 is 9.66 Å². The first-order valence-corrected chi connectivity index (χ1v) is 5.51. The maximum absolute atomic E-state index is 10.6. The van der Waals surface area contributed by atoms with Gasteiger partial charge in [-0.15, -0.1) is 0 Å². The highest BCUT2D eigenvalue weighted by Crippen LogP contribution is 2.20. The van der Waals surface area contributed by atoms with Gasteiger partial charge in [-0.1, -0.05) is 23.7 Å². The molecule has 0 N–H and O–H groups in total. The average Bonchev–Trinajstić information content (AvgIpc) is 2.37. The van der Waals surface area contributed by atoms with E-state index in [4.69, 9.17) is 16.3 Å². The Balaban J connectivity index is 2.06. The Bertz CT molecular complexity index is 575. The minimum atomic E-state index is -0.468. The fourth-order valence-electron chi connectivity index (χ4n) is 1.37. The van der Waals surface area contributed by atoms with Gasteiger partial charge in [-0.05, 0) is 18.2 Å². The Morgan fingerprint density at radius 1 is 1.28 bits per heavy atom. The molecule has 0 aliphatic rings. The van der Waals surface area contributed by atoms with E-state index in [2.05, 4.69) is 4.98 Å². The van der Waals surface area contributed by atoms with E-state index < -0.39 is 4.92 Å². The molecule has 1 aromatic carbocycles. The predicted molar refractivity (Wildman–Crippen MR) is 66.7 cm³/mol. The number of rotatable bonds is 4. The van der Waals surface area contributed by atoms with Crippen LogP contribution in [-0.4, -0.2) is 9.91 Å². The van der Waals surface area contributed by atoms with Crippen molar-refractivity contribution in [2.45, 2.75) is 6.61 Å². The lowest BCUT2D eigenvalue weighted by molar-refractivity contribution is -0.384. The first-order valence-electron chi connectivity index (χ1n) is 5.14. The van der Waals surface area contributed by atoms with Crippen LogP contribution in [-0.2, 0) is 6.61 Å². The Labute approximate surface area is 108 Å². The van der Waals surface area contributed by atoms with Gasteiger partial charge in [0.15, 0.2) is 0 Å². The van der Waals surface area contributed by atoms with Crippen molar-refractivity contribution in [1.29, 1.82) is 0 Å². The van der Waals surface area contributed by atoms with Gasteiger partial charge in [-0.25, -0.2) is 4.98 Å². The van der Waals surface area contributed by atoms with Crippen molar-refractivity contribution in [3.05, 3.63) is 63.4 Å². The fraction of sp³-hybridized carbons (Fsp3) is 0.0833. The number of hydrogen-bond donors (Lipinski definition) is 0. The lowest BCUT2D eigenvalue weighted by atomic mass is 10.3. The molecule has 0 amide bonds. The minimum absolute atomic E-state index is 0.00782. The van der Waals surface area contributed by atoms with E-state index in [0.29, 0.717) is 16.6 Å².